The zero-order valence-electron chi connectivity index (χ0n) is 14.3. The van der Waals surface area contributed by atoms with E-state index in [1.165, 1.54) is 0 Å². The smallest absolute Gasteiger partial charge is 0.232 e. The van der Waals surface area contributed by atoms with Crippen molar-refractivity contribution < 1.29 is 5.11 Å². The number of para-hydroxylation sites is 1. The van der Waals surface area contributed by atoms with Crippen LogP contribution in [-0.4, -0.2) is 32.2 Å². The Morgan fingerprint density at radius 1 is 0.808 bits per heavy atom. The lowest BCUT2D eigenvalue weighted by molar-refractivity contribution is 0.171. The Bertz CT molecular complexity index is 857. The second-order valence-corrected chi connectivity index (χ2v) is 6.41. The van der Waals surface area contributed by atoms with Gasteiger partial charge in [0.05, 0.1) is 12.1 Å². The molecular weight excluding hydrogens is 326 g/mol. The Hall–Kier alpha value is -2.99. The van der Waals surface area contributed by atoms with Crippen molar-refractivity contribution in [3.8, 4) is 11.4 Å². The fourth-order valence-electron chi connectivity index (χ4n) is 3.14. The van der Waals surface area contributed by atoms with Gasteiger partial charge in [0.25, 0.3) is 0 Å². The lowest BCUT2D eigenvalue weighted by Gasteiger charge is -2.17. The Kier molecular flexibility index (Phi) is 4.75. The van der Waals surface area contributed by atoms with Gasteiger partial charge in [-0.15, -0.1) is 0 Å². The Morgan fingerprint density at radius 2 is 1.50 bits per heavy atom. The summed E-state index contributed by atoms with van der Waals surface area (Å²) < 4.78 is 0. The fourth-order valence-corrected chi connectivity index (χ4v) is 3.14. The first-order valence-electron chi connectivity index (χ1n) is 8.86. The van der Waals surface area contributed by atoms with Crippen molar-refractivity contribution >= 4 is 17.6 Å². The van der Waals surface area contributed by atoms with Crippen molar-refractivity contribution in [3.63, 3.8) is 0 Å². The minimum Gasteiger partial charge on any atom is -0.391 e. The molecule has 0 amide bonds. The zero-order chi connectivity index (χ0) is 17.8. The maximum absolute atomic E-state index is 10.1. The van der Waals surface area contributed by atoms with E-state index in [1.807, 2.05) is 60.7 Å². The highest BCUT2D eigenvalue weighted by Gasteiger charge is 2.26. The van der Waals surface area contributed by atoms with E-state index in [0.717, 1.165) is 30.5 Å². The molecule has 1 fully saturated rings. The minimum atomic E-state index is -0.363. The number of rotatable bonds is 5. The number of hydrogen-bond acceptors (Lipinski definition) is 6. The zero-order valence-corrected chi connectivity index (χ0v) is 14.3. The minimum absolute atomic E-state index is 0.0226. The van der Waals surface area contributed by atoms with Crippen LogP contribution in [0.1, 0.15) is 19.3 Å². The molecular formula is C20H21N5O. The topological polar surface area (TPSA) is 83.0 Å². The van der Waals surface area contributed by atoms with Gasteiger partial charge in [-0.3, -0.25) is 0 Å². The molecule has 2 aromatic carbocycles. The summed E-state index contributed by atoms with van der Waals surface area (Å²) in [5.41, 5.74) is 1.82. The summed E-state index contributed by atoms with van der Waals surface area (Å²) in [6.07, 6.45) is 2.36. The van der Waals surface area contributed by atoms with E-state index >= 15 is 0 Å². The molecule has 1 saturated carbocycles. The molecule has 4 rings (SSSR count). The van der Waals surface area contributed by atoms with Gasteiger partial charge in [-0.05, 0) is 31.4 Å². The molecule has 3 N–H and O–H groups in total. The molecule has 2 atom stereocenters. The van der Waals surface area contributed by atoms with Gasteiger partial charge in [0.2, 0.25) is 11.9 Å². The second kappa shape index (κ2) is 7.49. The van der Waals surface area contributed by atoms with Crippen molar-refractivity contribution in [3.05, 3.63) is 60.7 Å². The molecule has 6 heteroatoms. The molecule has 0 spiro atoms. The van der Waals surface area contributed by atoms with E-state index in [1.54, 1.807) is 0 Å². The first kappa shape index (κ1) is 16.5. The number of aliphatic hydroxyl groups is 1. The predicted molar refractivity (Wildman–Crippen MR) is 102 cm³/mol. The van der Waals surface area contributed by atoms with Crippen molar-refractivity contribution in [2.75, 3.05) is 10.6 Å². The van der Waals surface area contributed by atoms with Crippen LogP contribution in [0.5, 0.6) is 0 Å². The van der Waals surface area contributed by atoms with Crippen LogP contribution in [0, 0.1) is 0 Å². The first-order chi connectivity index (χ1) is 12.8. The molecule has 6 nitrogen and oxygen atoms in total. The average molecular weight is 347 g/mol. The van der Waals surface area contributed by atoms with Crippen LogP contribution in [0.15, 0.2) is 60.7 Å². The van der Waals surface area contributed by atoms with Gasteiger partial charge in [-0.25, -0.2) is 0 Å². The van der Waals surface area contributed by atoms with Gasteiger partial charge >= 0.3 is 0 Å². The van der Waals surface area contributed by atoms with Crippen LogP contribution in [-0.2, 0) is 0 Å². The Labute approximate surface area is 152 Å². The quantitative estimate of drug-likeness (QED) is 0.654. The molecule has 1 aliphatic rings. The maximum atomic E-state index is 10.1. The van der Waals surface area contributed by atoms with E-state index in [4.69, 9.17) is 0 Å². The summed E-state index contributed by atoms with van der Waals surface area (Å²) in [6, 6.07) is 19.6. The van der Waals surface area contributed by atoms with Crippen LogP contribution < -0.4 is 10.6 Å². The molecule has 1 heterocycles. The predicted octanol–water partition coefficient (Wildman–Crippen LogP) is 3.61. The average Bonchev–Trinajstić information content (AvgIpc) is 3.08. The van der Waals surface area contributed by atoms with Crippen molar-refractivity contribution in [2.24, 2.45) is 0 Å². The molecule has 1 unspecified atom stereocenters. The van der Waals surface area contributed by atoms with E-state index in [9.17, 15) is 5.11 Å². The summed E-state index contributed by atoms with van der Waals surface area (Å²) >= 11 is 0. The molecule has 132 valence electrons. The summed E-state index contributed by atoms with van der Waals surface area (Å²) in [7, 11) is 0. The SMILES string of the molecule is O[C@H]1CCCC1Nc1nc(Nc2ccccc2)nc(-c2ccccc2)n1. The van der Waals surface area contributed by atoms with Gasteiger partial charge in [-0.1, -0.05) is 48.5 Å². The third-order valence-corrected chi connectivity index (χ3v) is 4.49. The highest BCUT2D eigenvalue weighted by Crippen LogP contribution is 2.24. The molecule has 1 aromatic heterocycles. The normalized spacial score (nSPS) is 19.3. The van der Waals surface area contributed by atoms with Crippen molar-refractivity contribution in [1.82, 2.24) is 15.0 Å². The Morgan fingerprint density at radius 3 is 2.19 bits per heavy atom. The van der Waals surface area contributed by atoms with Gasteiger partial charge < -0.3 is 15.7 Å². The van der Waals surface area contributed by atoms with E-state index in [-0.39, 0.29) is 12.1 Å². The van der Waals surface area contributed by atoms with Crippen LogP contribution >= 0.6 is 0 Å². The van der Waals surface area contributed by atoms with Crippen molar-refractivity contribution in [2.45, 2.75) is 31.4 Å². The van der Waals surface area contributed by atoms with Gasteiger partial charge in [0.1, 0.15) is 0 Å². The summed E-state index contributed by atoms with van der Waals surface area (Å²) in [5, 5.41) is 16.6. The van der Waals surface area contributed by atoms with Gasteiger partial charge in [-0.2, -0.15) is 15.0 Å². The molecule has 3 aromatic rings. The number of hydrogen-bond donors (Lipinski definition) is 3. The third kappa shape index (κ3) is 3.81. The molecule has 26 heavy (non-hydrogen) atoms. The maximum Gasteiger partial charge on any atom is 0.232 e. The number of anilines is 3. The Balaban J connectivity index is 1.67. The van der Waals surface area contributed by atoms with Crippen LogP contribution in [0.4, 0.5) is 17.6 Å². The van der Waals surface area contributed by atoms with Crippen LogP contribution in [0.3, 0.4) is 0 Å². The van der Waals surface area contributed by atoms with E-state index in [2.05, 4.69) is 25.6 Å². The molecule has 0 bridgehead atoms. The van der Waals surface area contributed by atoms with Gasteiger partial charge in [0, 0.05) is 11.3 Å². The monoisotopic (exact) mass is 347 g/mol. The number of aliphatic hydroxyl groups excluding tert-OH is 1. The summed E-state index contributed by atoms with van der Waals surface area (Å²) in [4.78, 5) is 13.6. The van der Waals surface area contributed by atoms with Crippen LogP contribution in [0.2, 0.25) is 0 Å². The second-order valence-electron chi connectivity index (χ2n) is 6.41. The molecule has 1 aliphatic carbocycles. The highest BCUT2D eigenvalue weighted by molar-refractivity contribution is 5.61. The molecule has 0 saturated heterocycles. The standard InChI is InChI=1S/C20H21N5O/c26-17-13-7-12-16(17)22-20-24-18(14-8-3-1-4-9-14)23-19(25-20)21-15-10-5-2-6-11-15/h1-6,8-11,16-17,26H,7,12-13H2,(H2,21,22,23,24,25)/t16?,17-/m0/s1. The fraction of sp³-hybridized carbons (Fsp3) is 0.250. The highest BCUT2D eigenvalue weighted by atomic mass is 16.3. The largest absolute Gasteiger partial charge is 0.391 e. The summed E-state index contributed by atoms with van der Waals surface area (Å²) in [5.74, 6) is 1.54. The third-order valence-electron chi connectivity index (χ3n) is 4.49. The molecule has 0 radical (unpaired) electrons. The number of aromatic nitrogens is 3. The summed E-state index contributed by atoms with van der Waals surface area (Å²) in [6.45, 7) is 0. The molecule has 0 aliphatic heterocycles. The first-order valence-corrected chi connectivity index (χ1v) is 8.86. The number of nitrogens with zero attached hydrogens (tertiary/aromatic N) is 3. The van der Waals surface area contributed by atoms with Gasteiger partial charge in [0.15, 0.2) is 5.82 Å². The lowest BCUT2D eigenvalue weighted by atomic mass is 10.2. The van der Waals surface area contributed by atoms with Crippen LogP contribution in [0.25, 0.3) is 11.4 Å². The number of nitrogens with one attached hydrogen (secondary N) is 2. The van der Waals surface area contributed by atoms with E-state index < -0.39 is 0 Å². The van der Waals surface area contributed by atoms with Crippen molar-refractivity contribution in [1.29, 1.82) is 0 Å². The lowest BCUT2D eigenvalue weighted by Crippen LogP contribution is -2.29. The number of benzene rings is 2. The van der Waals surface area contributed by atoms with E-state index in [0.29, 0.717) is 17.7 Å².